The maximum atomic E-state index is 12.5. The summed E-state index contributed by atoms with van der Waals surface area (Å²) in [6.45, 7) is 0. The first-order valence-electron chi connectivity index (χ1n) is 6.79. The van der Waals surface area contributed by atoms with Crippen LogP contribution in [0.25, 0.3) is 11.0 Å². The maximum Gasteiger partial charge on any atom is 0.270 e. The predicted molar refractivity (Wildman–Crippen MR) is 90.7 cm³/mol. The summed E-state index contributed by atoms with van der Waals surface area (Å²) in [5, 5.41) is 0. The monoisotopic (exact) mass is 375 g/mol. The van der Waals surface area contributed by atoms with E-state index in [1.54, 1.807) is 23.1 Å². The van der Waals surface area contributed by atoms with Crippen LogP contribution >= 0.6 is 15.9 Å². The number of imidazole rings is 1. The molecule has 3 rings (SSSR count). The lowest BCUT2D eigenvalue weighted by Gasteiger charge is -2.12. The normalized spacial score (nSPS) is 10.6. The molecule has 0 aliphatic rings. The number of benzene rings is 2. The van der Waals surface area contributed by atoms with Crippen molar-refractivity contribution >= 4 is 32.9 Å². The van der Waals surface area contributed by atoms with Gasteiger partial charge >= 0.3 is 0 Å². The second-order valence-electron chi connectivity index (χ2n) is 4.74. The number of nitrogens with zero attached hydrogens (tertiary/aromatic N) is 2. The van der Waals surface area contributed by atoms with E-state index >= 15 is 0 Å². The highest BCUT2D eigenvalue weighted by atomic mass is 79.9. The van der Waals surface area contributed by atoms with E-state index in [1.807, 2.05) is 24.3 Å². The van der Waals surface area contributed by atoms with E-state index in [0.29, 0.717) is 21.5 Å². The summed E-state index contributed by atoms with van der Waals surface area (Å²) in [7, 11) is 3.06. The molecule has 0 bridgehead atoms. The Kier molecular flexibility index (Phi) is 4.20. The zero-order valence-corrected chi connectivity index (χ0v) is 14.1. The van der Waals surface area contributed by atoms with Crippen LogP contribution in [0.1, 0.15) is 10.4 Å². The number of halogens is 1. The van der Waals surface area contributed by atoms with Gasteiger partial charge in [0.15, 0.2) is 0 Å². The Hall–Kier alpha value is -2.54. The topological polar surface area (TPSA) is 65.4 Å². The minimum absolute atomic E-state index is 0.294. The minimum atomic E-state index is -0.294. The SMILES string of the molecule is COc1cc(C(=O)Nn2cnc3ccccc32)cc(OC)c1Br. The number of amides is 1. The summed E-state index contributed by atoms with van der Waals surface area (Å²) in [5.74, 6) is 0.743. The van der Waals surface area contributed by atoms with Gasteiger partial charge in [-0.15, -0.1) is 0 Å². The molecule has 0 aliphatic carbocycles. The third kappa shape index (κ3) is 2.87. The number of hydrogen-bond donors (Lipinski definition) is 1. The molecule has 0 unspecified atom stereocenters. The molecule has 118 valence electrons. The van der Waals surface area contributed by atoms with Crippen LogP contribution < -0.4 is 14.9 Å². The van der Waals surface area contributed by atoms with Gasteiger partial charge in [0.05, 0.1) is 25.3 Å². The van der Waals surface area contributed by atoms with E-state index in [0.717, 1.165) is 11.0 Å². The van der Waals surface area contributed by atoms with Crippen molar-refractivity contribution < 1.29 is 14.3 Å². The fraction of sp³-hybridized carbons (Fsp3) is 0.125. The van der Waals surface area contributed by atoms with Crippen LogP contribution in [-0.2, 0) is 0 Å². The van der Waals surface area contributed by atoms with Crippen molar-refractivity contribution in [2.24, 2.45) is 0 Å². The van der Waals surface area contributed by atoms with E-state index in [1.165, 1.54) is 14.2 Å². The highest BCUT2D eigenvalue weighted by Crippen LogP contribution is 2.35. The lowest BCUT2D eigenvalue weighted by atomic mass is 10.2. The smallest absolute Gasteiger partial charge is 0.270 e. The van der Waals surface area contributed by atoms with E-state index in [9.17, 15) is 4.79 Å². The van der Waals surface area contributed by atoms with Crippen LogP contribution in [0.2, 0.25) is 0 Å². The molecule has 0 saturated carbocycles. The molecule has 7 heteroatoms. The molecule has 1 aromatic heterocycles. The highest BCUT2D eigenvalue weighted by molar-refractivity contribution is 9.10. The van der Waals surface area contributed by atoms with Crippen molar-refractivity contribution in [2.45, 2.75) is 0 Å². The summed E-state index contributed by atoms with van der Waals surface area (Å²) < 4.78 is 12.8. The second-order valence-corrected chi connectivity index (χ2v) is 5.53. The molecule has 6 nitrogen and oxygen atoms in total. The van der Waals surface area contributed by atoms with Crippen LogP contribution in [0.15, 0.2) is 47.2 Å². The average Bonchev–Trinajstić information content (AvgIpc) is 2.98. The third-order valence-electron chi connectivity index (χ3n) is 3.38. The van der Waals surface area contributed by atoms with E-state index in [4.69, 9.17) is 9.47 Å². The molecule has 0 radical (unpaired) electrons. The zero-order valence-electron chi connectivity index (χ0n) is 12.5. The molecule has 0 atom stereocenters. The summed E-state index contributed by atoms with van der Waals surface area (Å²) in [6, 6.07) is 10.8. The van der Waals surface area contributed by atoms with Crippen molar-refractivity contribution in [2.75, 3.05) is 19.6 Å². The van der Waals surface area contributed by atoms with E-state index < -0.39 is 0 Å². The first-order valence-corrected chi connectivity index (χ1v) is 7.58. The molecule has 1 N–H and O–H groups in total. The largest absolute Gasteiger partial charge is 0.495 e. The molecule has 0 fully saturated rings. The van der Waals surface area contributed by atoms with Crippen LogP contribution in [0.4, 0.5) is 0 Å². The number of fused-ring (bicyclic) bond motifs is 1. The molecule has 0 saturated heterocycles. The number of hydrogen-bond acceptors (Lipinski definition) is 4. The van der Waals surface area contributed by atoms with Crippen molar-refractivity contribution in [1.82, 2.24) is 9.66 Å². The summed E-state index contributed by atoms with van der Waals surface area (Å²) in [5.41, 5.74) is 4.83. The van der Waals surface area contributed by atoms with Gasteiger partial charge in [0.25, 0.3) is 5.91 Å². The van der Waals surface area contributed by atoms with E-state index in [2.05, 4.69) is 26.3 Å². The lowest BCUT2D eigenvalue weighted by molar-refractivity contribution is 0.101. The van der Waals surface area contributed by atoms with Gasteiger partial charge in [-0.05, 0) is 40.2 Å². The number of rotatable bonds is 4. The molecule has 2 aromatic carbocycles. The number of carbonyl (C=O) groups is 1. The van der Waals surface area contributed by atoms with Gasteiger partial charge in [-0.3, -0.25) is 10.2 Å². The van der Waals surface area contributed by atoms with Crippen molar-refractivity contribution in [3.63, 3.8) is 0 Å². The fourth-order valence-electron chi connectivity index (χ4n) is 2.22. The van der Waals surface area contributed by atoms with Gasteiger partial charge in [-0.25, -0.2) is 9.66 Å². The Morgan fingerprint density at radius 1 is 1.17 bits per heavy atom. The number of ether oxygens (including phenoxy) is 2. The Bertz CT molecular complexity index is 851. The zero-order chi connectivity index (χ0) is 16.4. The molecule has 0 spiro atoms. The molecule has 1 heterocycles. The Balaban J connectivity index is 1.94. The fourth-order valence-corrected chi connectivity index (χ4v) is 2.78. The molecular weight excluding hydrogens is 362 g/mol. The Labute approximate surface area is 141 Å². The molecule has 0 aliphatic heterocycles. The van der Waals surface area contributed by atoms with Crippen LogP contribution in [0.5, 0.6) is 11.5 Å². The van der Waals surface area contributed by atoms with Gasteiger partial charge in [-0.1, -0.05) is 12.1 Å². The molecule has 3 aromatic rings. The van der Waals surface area contributed by atoms with Crippen LogP contribution in [0, 0.1) is 0 Å². The Morgan fingerprint density at radius 2 is 1.83 bits per heavy atom. The highest BCUT2D eigenvalue weighted by Gasteiger charge is 2.15. The van der Waals surface area contributed by atoms with Gasteiger partial charge in [-0.2, -0.15) is 0 Å². The minimum Gasteiger partial charge on any atom is -0.495 e. The number of aromatic nitrogens is 2. The molecule has 23 heavy (non-hydrogen) atoms. The van der Waals surface area contributed by atoms with Gasteiger partial charge in [0, 0.05) is 5.56 Å². The molecule has 1 amide bonds. The summed E-state index contributed by atoms with van der Waals surface area (Å²) in [4.78, 5) is 16.8. The maximum absolute atomic E-state index is 12.5. The number of para-hydroxylation sites is 2. The average molecular weight is 376 g/mol. The van der Waals surface area contributed by atoms with Crippen LogP contribution in [-0.4, -0.2) is 29.8 Å². The number of methoxy groups -OCH3 is 2. The van der Waals surface area contributed by atoms with Gasteiger partial charge in [0.2, 0.25) is 0 Å². The number of carbonyl (C=O) groups excluding carboxylic acids is 1. The van der Waals surface area contributed by atoms with Crippen molar-refractivity contribution in [1.29, 1.82) is 0 Å². The summed E-state index contributed by atoms with van der Waals surface area (Å²) in [6.07, 6.45) is 1.57. The summed E-state index contributed by atoms with van der Waals surface area (Å²) >= 11 is 3.38. The molecular formula is C16H14BrN3O3. The van der Waals surface area contributed by atoms with Crippen LogP contribution in [0.3, 0.4) is 0 Å². The van der Waals surface area contributed by atoms with Gasteiger partial charge < -0.3 is 9.47 Å². The second kappa shape index (κ2) is 6.29. The first-order chi connectivity index (χ1) is 11.1. The first kappa shape index (κ1) is 15.4. The lowest BCUT2D eigenvalue weighted by Crippen LogP contribution is -2.22. The predicted octanol–water partition coefficient (Wildman–Crippen LogP) is 3.20. The Morgan fingerprint density at radius 3 is 2.48 bits per heavy atom. The van der Waals surface area contributed by atoms with Crippen molar-refractivity contribution in [3.05, 3.63) is 52.8 Å². The standard InChI is InChI=1S/C16H14BrN3O3/c1-22-13-7-10(8-14(23-2)15(13)17)16(21)19-20-9-18-11-5-3-4-6-12(11)20/h3-9H,1-2H3,(H,19,21). The quantitative estimate of drug-likeness (QED) is 0.760. The van der Waals surface area contributed by atoms with Gasteiger partial charge in [0.1, 0.15) is 22.3 Å². The number of nitrogens with one attached hydrogen (secondary N) is 1. The third-order valence-corrected chi connectivity index (χ3v) is 4.17. The van der Waals surface area contributed by atoms with E-state index in [-0.39, 0.29) is 5.91 Å². The van der Waals surface area contributed by atoms with Crippen molar-refractivity contribution in [3.8, 4) is 11.5 Å².